The van der Waals surface area contributed by atoms with E-state index in [0.29, 0.717) is 12.3 Å². The number of benzene rings is 1. The predicted octanol–water partition coefficient (Wildman–Crippen LogP) is 4.67. The lowest BCUT2D eigenvalue weighted by Crippen LogP contribution is -2.40. The van der Waals surface area contributed by atoms with Gasteiger partial charge in [-0.3, -0.25) is 4.79 Å². The molecule has 1 atom stereocenters. The first-order chi connectivity index (χ1) is 11.6. The molecule has 1 aromatic carbocycles. The number of carbonyl (C=O) groups excluding carboxylic acids is 1. The van der Waals surface area contributed by atoms with Crippen LogP contribution in [0.2, 0.25) is 0 Å². The summed E-state index contributed by atoms with van der Waals surface area (Å²) in [4.78, 5) is 16.3. The molecule has 0 radical (unpaired) electrons. The Morgan fingerprint density at radius 1 is 1.29 bits per heavy atom. The van der Waals surface area contributed by atoms with E-state index in [1.54, 1.807) is 18.4 Å². The lowest BCUT2D eigenvalue weighted by molar-refractivity contribution is -0.133. The minimum absolute atomic E-state index is 0.0329. The highest BCUT2D eigenvalue weighted by Crippen LogP contribution is 2.38. The molecule has 0 N–H and O–H groups in total. The molecule has 2 aromatic rings. The number of fused-ring (bicyclic) bond motifs is 1. The molecular formula is C20H25NO2S. The zero-order chi connectivity index (χ0) is 17.1. The van der Waals surface area contributed by atoms with Crippen LogP contribution >= 0.6 is 11.3 Å². The van der Waals surface area contributed by atoms with Crippen LogP contribution in [0, 0.1) is 5.92 Å². The predicted molar refractivity (Wildman–Crippen MR) is 98.6 cm³/mol. The second kappa shape index (κ2) is 7.39. The van der Waals surface area contributed by atoms with E-state index in [1.165, 1.54) is 10.4 Å². The zero-order valence-electron chi connectivity index (χ0n) is 14.6. The van der Waals surface area contributed by atoms with Gasteiger partial charge < -0.3 is 9.64 Å². The Morgan fingerprint density at radius 3 is 2.71 bits per heavy atom. The molecule has 2 heterocycles. The Morgan fingerprint density at radius 2 is 2.04 bits per heavy atom. The standard InChI is InChI=1S/C20H25NO2S/c1-14(2)4-9-19(22)21-12-10-18-17(11-13-24-18)20(21)15-5-7-16(23-3)8-6-15/h5-8,11,13-14,20H,4,9-10,12H2,1-3H3. The first-order valence-electron chi connectivity index (χ1n) is 8.60. The van der Waals surface area contributed by atoms with Gasteiger partial charge in [0.25, 0.3) is 0 Å². The number of methoxy groups -OCH3 is 1. The van der Waals surface area contributed by atoms with Gasteiger partial charge in [0.2, 0.25) is 5.91 Å². The van der Waals surface area contributed by atoms with Crippen LogP contribution < -0.4 is 4.74 Å². The van der Waals surface area contributed by atoms with E-state index in [9.17, 15) is 4.79 Å². The first-order valence-corrected chi connectivity index (χ1v) is 9.47. The Bertz CT molecular complexity index is 690. The summed E-state index contributed by atoms with van der Waals surface area (Å²) in [6.07, 6.45) is 2.54. The summed E-state index contributed by atoms with van der Waals surface area (Å²) in [5, 5.41) is 2.14. The van der Waals surface area contributed by atoms with E-state index < -0.39 is 0 Å². The van der Waals surface area contributed by atoms with Gasteiger partial charge in [-0.15, -0.1) is 11.3 Å². The van der Waals surface area contributed by atoms with Crippen LogP contribution in [-0.4, -0.2) is 24.5 Å². The van der Waals surface area contributed by atoms with Crippen molar-refractivity contribution >= 4 is 17.2 Å². The summed E-state index contributed by atoms with van der Waals surface area (Å²) < 4.78 is 5.27. The third kappa shape index (κ3) is 3.48. The van der Waals surface area contributed by atoms with Crippen molar-refractivity contribution in [3.05, 3.63) is 51.7 Å². The summed E-state index contributed by atoms with van der Waals surface area (Å²) in [6.45, 7) is 5.14. The van der Waals surface area contributed by atoms with Crippen LogP contribution in [0.25, 0.3) is 0 Å². The van der Waals surface area contributed by atoms with Crippen molar-refractivity contribution < 1.29 is 9.53 Å². The van der Waals surface area contributed by atoms with Crippen molar-refractivity contribution in [1.29, 1.82) is 0 Å². The molecule has 0 fully saturated rings. The summed E-state index contributed by atoms with van der Waals surface area (Å²) in [5.74, 6) is 1.66. The summed E-state index contributed by atoms with van der Waals surface area (Å²) in [7, 11) is 1.67. The second-order valence-corrected chi connectivity index (χ2v) is 7.75. The minimum atomic E-state index is 0.0329. The van der Waals surface area contributed by atoms with Gasteiger partial charge in [-0.1, -0.05) is 26.0 Å². The smallest absolute Gasteiger partial charge is 0.223 e. The monoisotopic (exact) mass is 343 g/mol. The maximum atomic E-state index is 12.8. The van der Waals surface area contributed by atoms with E-state index in [1.807, 2.05) is 12.1 Å². The van der Waals surface area contributed by atoms with Crippen LogP contribution in [-0.2, 0) is 11.2 Å². The maximum absolute atomic E-state index is 12.8. The van der Waals surface area contributed by atoms with E-state index in [4.69, 9.17) is 4.74 Å². The van der Waals surface area contributed by atoms with Gasteiger partial charge >= 0.3 is 0 Å². The minimum Gasteiger partial charge on any atom is -0.497 e. The first kappa shape index (κ1) is 17.0. The van der Waals surface area contributed by atoms with Crippen molar-refractivity contribution in [3.8, 4) is 5.75 Å². The molecule has 24 heavy (non-hydrogen) atoms. The molecule has 1 unspecified atom stereocenters. The lowest BCUT2D eigenvalue weighted by atomic mass is 9.92. The van der Waals surface area contributed by atoms with Crippen LogP contribution in [0.4, 0.5) is 0 Å². The lowest BCUT2D eigenvalue weighted by Gasteiger charge is -2.36. The van der Waals surface area contributed by atoms with Gasteiger partial charge in [-0.2, -0.15) is 0 Å². The molecule has 1 amide bonds. The van der Waals surface area contributed by atoms with Crippen molar-refractivity contribution in [2.45, 2.75) is 39.2 Å². The average molecular weight is 343 g/mol. The van der Waals surface area contributed by atoms with Crippen molar-refractivity contribution in [2.24, 2.45) is 5.92 Å². The van der Waals surface area contributed by atoms with Gasteiger partial charge in [0.1, 0.15) is 5.75 Å². The Hall–Kier alpha value is -1.81. The molecule has 128 valence electrons. The number of hydrogen-bond donors (Lipinski definition) is 0. The molecule has 0 saturated heterocycles. The molecule has 1 aliphatic heterocycles. The molecule has 0 aliphatic carbocycles. The Labute approximate surface area is 148 Å². The van der Waals surface area contributed by atoms with Crippen LogP contribution in [0.1, 0.15) is 48.7 Å². The maximum Gasteiger partial charge on any atom is 0.223 e. The zero-order valence-corrected chi connectivity index (χ0v) is 15.4. The highest BCUT2D eigenvalue weighted by molar-refractivity contribution is 7.10. The number of carbonyl (C=O) groups is 1. The molecule has 1 aliphatic rings. The molecule has 0 saturated carbocycles. The van der Waals surface area contributed by atoms with Crippen LogP contribution in [0.3, 0.4) is 0 Å². The van der Waals surface area contributed by atoms with Gasteiger partial charge in [0, 0.05) is 17.8 Å². The topological polar surface area (TPSA) is 29.5 Å². The Kier molecular flexibility index (Phi) is 5.24. The number of thiophene rings is 1. The highest BCUT2D eigenvalue weighted by atomic mass is 32.1. The van der Waals surface area contributed by atoms with E-state index in [0.717, 1.165) is 30.7 Å². The number of ether oxygens (including phenoxy) is 1. The number of rotatable bonds is 5. The molecule has 0 bridgehead atoms. The van der Waals surface area contributed by atoms with Gasteiger partial charge in [-0.25, -0.2) is 0 Å². The summed E-state index contributed by atoms with van der Waals surface area (Å²) in [5.41, 5.74) is 2.45. The third-order valence-corrected chi connectivity index (χ3v) is 5.65. The van der Waals surface area contributed by atoms with E-state index in [2.05, 4.69) is 42.3 Å². The SMILES string of the molecule is COc1ccc(C2c3ccsc3CCN2C(=O)CCC(C)C)cc1. The normalized spacial score (nSPS) is 17.0. The van der Waals surface area contributed by atoms with Crippen LogP contribution in [0.5, 0.6) is 5.75 Å². The largest absolute Gasteiger partial charge is 0.497 e. The quantitative estimate of drug-likeness (QED) is 0.790. The van der Waals surface area contributed by atoms with Gasteiger partial charge in [0.05, 0.1) is 13.2 Å². The Balaban J connectivity index is 1.91. The average Bonchev–Trinajstić information content (AvgIpc) is 3.07. The molecule has 4 heteroatoms. The fourth-order valence-corrected chi connectivity index (χ4v) is 4.19. The van der Waals surface area contributed by atoms with Gasteiger partial charge in [-0.05, 0) is 53.5 Å². The van der Waals surface area contributed by atoms with E-state index in [-0.39, 0.29) is 11.9 Å². The molecular weight excluding hydrogens is 318 g/mol. The van der Waals surface area contributed by atoms with Crippen molar-refractivity contribution in [1.82, 2.24) is 4.90 Å². The highest BCUT2D eigenvalue weighted by Gasteiger charge is 2.32. The third-order valence-electron chi connectivity index (χ3n) is 4.65. The van der Waals surface area contributed by atoms with Crippen molar-refractivity contribution in [3.63, 3.8) is 0 Å². The van der Waals surface area contributed by atoms with E-state index >= 15 is 0 Å². The summed E-state index contributed by atoms with van der Waals surface area (Å²) in [6, 6.07) is 10.3. The second-order valence-electron chi connectivity index (χ2n) is 6.74. The van der Waals surface area contributed by atoms with Crippen molar-refractivity contribution in [2.75, 3.05) is 13.7 Å². The number of nitrogens with zero attached hydrogens (tertiary/aromatic N) is 1. The molecule has 3 rings (SSSR count). The fraction of sp³-hybridized carbons (Fsp3) is 0.450. The number of amides is 1. The summed E-state index contributed by atoms with van der Waals surface area (Å²) >= 11 is 1.80. The van der Waals surface area contributed by atoms with Crippen LogP contribution in [0.15, 0.2) is 35.7 Å². The molecule has 3 nitrogen and oxygen atoms in total. The van der Waals surface area contributed by atoms with Gasteiger partial charge in [0.15, 0.2) is 0 Å². The molecule has 0 spiro atoms. The number of hydrogen-bond acceptors (Lipinski definition) is 3. The molecule has 1 aromatic heterocycles. The fourth-order valence-electron chi connectivity index (χ4n) is 3.29.